The third-order valence-corrected chi connectivity index (χ3v) is 5.58. The number of amides is 2. The molecule has 0 aromatic heterocycles. The smallest absolute Gasteiger partial charge is 0.318 e. The van der Waals surface area contributed by atoms with Gasteiger partial charge in [-0.2, -0.15) is 0 Å². The number of rotatable bonds is 2. The van der Waals surface area contributed by atoms with Gasteiger partial charge in [-0.15, -0.1) is 0 Å². The minimum Gasteiger partial charge on any atom is -0.381 e. The van der Waals surface area contributed by atoms with Gasteiger partial charge in [0.25, 0.3) is 0 Å². The Morgan fingerprint density at radius 3 is 2.50 bits per heavy atom. The SMILES string of the molecule is Cc1ccccc1C1c2ccccc2CCN1C(=O)NC1CCOCC1. The number of nitrogens with zero attached hydrogens (tertiary/aromatic N) is 1. The number of fused-ring (bicyclic) bond motifs is 1. The molecule has 4 nitrogen and oxygen atoms in total. The molecule has 2 aliphatic heterocycles. The molecule has 4 heteroatoms. The third kappa shape index (κ3) is 3.34. The Labute approximate surface area is 155 Å². The van der Waals surface area contributed by atoms with E-state index in [0.717, 1.165) is 39.0 Å². The summed E-state index contributed by atoms with van der Waals surface area (Å²) in [5.41, 5.74) is 5.02. The van der Waals surface area contributed by atoms with Crippen LogP contribution < -0.4 is 5.32 Å². The van der Waals surface area contributed by atoms with Crippen molar-refractivity contribution < 1.29 is 9.53 Å². The second-order valence-corrected chi connectivity index (χ2v) is 7.24. The minimum absolute atomic E-state index is 0.0269. The van der Waals surface area contributed by atoms with E-state index in [2.05, 4.69) is 60.8 Å². The van der Waals surface area contributed by atoms with Crippen LogP contribution in [0.2, 0.25) is 0 Å². The normalized spacial score (nSPS) is 20.5. The van der Waals surface area contributed by atoms with Gasteiger partial charge in [0.2, 0.25) is 0 Å². The molecule has 0 saturated carbocycles. The number of nitrogens with one attached hydrogen (secondary N) is 1. The monoisotopic (exact) mass is 350 g/mol. The maximum absolute atomic E-state index is 13.1. The van der Waals surface area contributed by atoms with Crippen molar-refractivity contribution in [1.82, 2.24) is 10.2 Å². The Hall–Kier alpha value is -2.33. The van der Waals surface area contributed by atoms with Crippen molar-refractivity contribution in [2.45, 2.75) is 38.3 Å². The first-order valence-electron chi connectivity index (χ1n) is 9.52. The van der Waals surface area contributed by atoms with Crippen LogP contribution in [-0.4, -0.2) is 36.7 Å². The molecule has 2 aromatic rings. The molecule has 136 valence electrons. The molecule has 0 radical (unpaired) electrons. The maximum atomic E-state index is 13.1. The zero-order chi connectivity index (χ0) is 17.9. The van der Waals surface area contributed by atoms with Crippen LogP contribution in [0.25, 0.3) is 0 Å². The zero-order valence-corrected chi connectivity index (χ0v) is 15.3. The van der Waals surface area contributed by atoms with E-state index in [1.807, 2.05) is 4.90 Å². The highest BCUT2D eigenvalue weighted by atomic mass is 16.5. The average Bonchev–Trinajstić information content (AvgIpc) is 2.68. The summed E-state index contributed by atoms with van der Waals surface area (Å²) in [6.07, 6.45) is 2.69. The van der Waals surface area contributed by atoms with Crippen molar-refractivity contribution in [3.05, 3.63) is 70.8 Å². The molecule has 2 heterocycles. The van der Waals surface area contributed by atoms with Crippen LogP contribution in [-0.2, 0) is 11.2 Å². The van der Waals surface area contributed by atoms with Crippen LogP contribution in [0.15, 0.2) is 48.5 Å². The highest BCUT2D eigenvalue weighted by Crippen LogP contribution is 2.36. The molecule has 26 heavy (non-hydrogen) atoms. The Balaban J connectivity index is 1.66. The fraction of sp³-hybridized carbons (Fsp3) is 0.409. The van der Waals surface area contributed by atoms with Crippen LogP contribution in [0.1, 0.15) is 41.1 Å². The first-order valence-corrected chi connectivity index (χ1v) is 9.52. The van der Waals surface area contributed by atoms with Crippen LogP contribution in [0, 0.1) is 6.92 Å². The molecule has 0 spiro atoms. The van der Waals surface area contributed by atoms with Gasteiger partial charge in [0.05, 0.1) is 6.04 Å². The van der Waals surface area contributed by atoms with Gasteiger partial charge < -0.3 is 15.0 Å². The van der Waals surface area contributed by atoms with E-state index in [-0.39, 0.29) is 18.1 Å². The number of urea groups is 1. The highest BCUT2D eigenvalue weighted by Gasteiger charge is 2.33. The Morgan fingerprint density at radius 1 is 1.04 bits per heavy atom. The second kappa shape index (κ2) is 7.50. The standard InChI is InChI=1S/C22H26N2O2/c1-16-6-2-4-8-19(16)21-20-9-5-3-7-17(20)10-13-24(21)22(25)23-18-11-14-26-15-12-18/h2-9,18,21H,10-15H2,1H3,(H,23,25). The summed E-state index contributed by atoms with van der Waals surface area (Å²) in [4.78, 5) is 15.2. The lowest BCUT2D eigenvalue weighted by Gasteiger charge is -2.39. The van der Waals surface area contributed by atoms with E-state index in [1.165, 1.54) is 22.3 Å². The summed E-state index contributed by atoms with van der Waals surface area (Å²) in [6, 6.07) is 17.1. The highest BCUT2D eigenvalue weighted by molar-refractivity contribution is 5.76. The quantitative estimate of drug-likeness (QED) is 0.894. The molecule has 1 N–H and O–H groups in total. The third-order valence-electron chi connectivity index (χ3n) is 5.58. The van der Waals surface area contributed by atoms with Crippen LogP contribution in [0.3, 0.4) is 0 Å². The molecule has 0 aliphatic carbocycles. The molecule has 0 bridgehead atoms. The van der Waals surface area contributed by atoms with E-state index < -0.39 is 0 Å². The number of hydrogen-bond donors (Lipinski definition) is 1. The van der Waals surface area contributed by atoms with E-state index in [4.69, 9.17) is 4.74 Å². The molecule has 2 aliphatic rings. The number of benzene rings is 2. The molecule has 1 saturated heterocycles. The fourth-order valence-electron chi connectivity index (χ4n) is 4.11. The summed E-state index contributed by atoms with van der Waals surface area (Å²) in [7, 11) is 0. The molecule has 4 rings (SSSR count). The lowest BCUT2D eigenvalue weighted by molar-refractivity contribution is 0.0772. The van der Waals surface area contributed by atoms with Gasteiger partial charge in [-0.3, -0.25) is 0 Å². The van der Waals surface area contributed by atoms with Gasteiger partial charge in [0.15, 0.2) is 0 Å². The summed E-state index contributed by atoms with van der Waals surface area (Å²) < 4.78 is 5.41. The second-order valence-electron chi connectivity index (χ2n) is 7.24. The summed E-state index contributed by atoms with van der Waals surface area (Å²) in [6.45, 7) is 4.33. The molecular weight excluding hydrogens is 324 g/mol. The molecule has 2 aromatic carbocycles. The summed E-state index contributed by atoms with van der Waals surface area (Å²) in [5.74, 6) is 0. The van der Waals surface area contributed by atoms with Gasteiger partial charge in [-0.1, -0.05) is 48.5 Å². The van der Waals surface area contributed by atoms with Crippen molar-refractivity contribution in [3.8, 4) is 0 Å². The summed E-state index contributed by atoms with van der Waals surface area (Å²) >= 11 is 0. The van der Waals surface area contributed by atoms with E-state index in [1.54, 1.807) is 0 Å². The largest absolute Gasteiger partial charge is 0.381 e. The maximum Gasteiger partial charge on any atom is 0.318 e. The van der Waals surface area contributed by atoms with Crippen molar-refractivity contribution in [3.63, 3.8) is 0 Å². The van der Waals surface area contributed by atoms with E-state index in [0.29, 0.717) is 0 Å². The summed E-state index contributed by atoms with van der Waals surface area (Å²) in [5, 5.41) is 3.25. The van der Waals surface area contributed by atoms with Crippen molar-refractivity contribution in [2.75, 3.05) is 19.8 Å². The Morgan fingerprint density at radius 2 is 1.73 bits per heavy atom. The van der Waals surface area contributed by atoms with Crippen molar-refractivity contribution >= 4 is 6.03 Å². The predicted molar refractivity (Wildman–Crippen MR) is 102 cm³/mol. The Kier molecular flexibility index (Phi) is 4.93. The van der Waals surface area contributed by atoms with Crippen molar-refractivity contribution in [2.24, 2.45) is 0 Å². The lowest BCUT2D eigenvalue weighted by atomic mass is 9.86. The van der Waals surface area contributed by atoms with Crippen LogP contribution >= 0.6 is 0 Å². The number of ether oxygens (including phenoxy) is 1. The van der Waals surface area contributed by atoms with Gasteiger partial charge in [0.1, 0.15) is 0 Å². The first-order chi connectivity index (χ1) is 12.7. The van der Waals surface area contributed by atoms with Gasteiger partial charge in [-0.25, -0.2) is 4.79 Å². The lowest BCUT2D eigenvalue weighted by Crippen LogP contribution is -2.50. The molecule has 1 fully saturated rings. The number of carbonyl (C=O) groups is 1. The molecule has 2 amide bonds. The number of aryl methyl sites for hydroxylation is 1. The van der Waals surface area contributed by atoms with Gasteiger partial charge in [-0.05, 0) is 48.4 Å². The average molecular weight is 350 g/mol. The van der Waals surface area contributed by atoms with Crippen molar-refractivity contribution in [1.29, 1.82) is 0 Å². The Bertz CT molecular complexity index is 783. The molecule has 1 unspecified atom stereocenters. The van der Waals surface area contributed by atoms with Gasteiger partial charge >= 0.3 is 6.03 Å². The number of hydrogen-bond acceptors (Lipinski definition) is 2. The topological polar surface area (TPSA) is 41.6 Å². The zero-order valence-electron chi connectivity index (χ0n) is 15.3. The minimum atomic E-state index is -0.0269. The fourth-order valence-corrected chi connectivity index (χ4v) is 4.11. The molecule has 1 atom stereocenters. The predicted octanol–water partition coefficient (Wildman–Crippen LogP) is 3.83. The number of carbonyl (C=O) groups excluding carboxylic acids is 1. The van der Waals surface area contributed by atoms with Crippen LogP contribution in [0.4, 0.5) is 4.79 Å². The van der Waals surface area contributed by atoms with Crippen LogP contribution in [0.5, 0.6) is 0 Å². The first kappa shape index (κ1) is 17.1. The van der Waals surface area contributed by atoms with Gasteiger partial charge in [0, 0.05) is 25.8 Å². The van der Waals surface area contributed by atoms with E-state index in [9.17, 15) is 4.79 Å². The van der Waals surface area contributed by atoms with E-state index >= 15 is 0 Å². The molecular formula is C22H26N2O2.